The summed E-state index contributed by atoms with van der Waals surface area (Å²) in [7, 11) is 0. The molecule has 0 bridgehead atoms. The topological polar surface area (TPSA) is 50.7 Å². The van der Waals surface area contributed by atoms with Crippen LogP contribution >= 0.6 is 0 Å². The molecule has 4 heteroatoms. The largest absolute Gasteiger partial charge is 0.488 e. The average molecular weight is 356 g/mol. The predicted octanol–water partition coefficient (Wildman–Crippen LogP) is 4.69. The van der Waals surface area contributed by atoms with Crippen LogP contribution in [0, 0.1) is 0 Å². The van der Waals surface area contributed by atoms with E-state index in [1.807, 2.05) is 72.8 Å². The Morgan fingerprint density at radius 2 is 1.56 bits per heavy atom. The molecule has 0 saturated heterocycles. The van der Waals surface area contributed by atoms with Gasteiger partial charge in [0, 0.05) is 6.21 Å². The molecule has 4 nitrogen and oxygen atoms in total. The first-order valence-corrected chi connectivity index (χ1v) is 8.64. The van der Waals surface area contributed by atoms with Crippen molar-refractivity contribution in [2.45, 2.75) is 6.61 Å². The number of nitrogens with zero attached hydrogens (tertiary/aromatic N) is 1. The molecule has 0 unspecified atom stereocenters. The maximum atomic E-state index is 12.4. The number of rotatable bonds is 7. The Balaban J connectivity index is 1.58. The second-order valence-electron chi connectivity index (χ2n) is 5.76. The van der Waals surface area contributed by atoms with Gasteiger partial charge in [-0.25, -0.2) is 5.43 Å². The van der Waals surface area contributed by atoms with Crippen LogP contribution in [0.15, 0.2) is 96.1 Å². The summed E-state index contributed by atoms with van der Waals surface area (Å²) >= 11 is 0. The second kappa shape index (κ2) is 9.73. The van der Waals surface area contributed by atoms with Crippen LogP contribution in [-0.4, -0.2) is 12.1 Å². The highest BCUT2D eigenvalue weighted by molar-refractivity contribution is 5.97. The van der Waals surface area contributed by atoms with Gasteiger partial charge in [-0.1, -0.05) is 78.9 Å². The number of amides is 1. The quantitative estimate of drug-likeness (QED) is 0.493. The van der Waals surface area contributed by atoms with E-state index in [9.17, 15) is 4.79 Å². The molecular formula is C23H20N2O2. The summed E-state index contributed by atoms with van der Waals surface area (Å²) in [5.74, 6) is 0.205. The van der Waals surface area contributed by atoms with Crippen molar-refractivity contribution < 1.29 is 9.53 Å². The zero-order valence-corrected chi connectivity index (χ0v) is 14.8. The van der Waals surface area contributed by atoms with Crippen molar-refractivity contribution in [3.63, 3.8) is 0 Å². The number of hydrazone groups is 1. The van der Waals surface area contributed by atoms with Crippen molar-refractivity contribution in [1.82, 2.24) is 5.43 Å². The van der Waals surface area contributed by atoms with Gasteiger partial charge in [-0.05, 0) is 29.3 Å². The fraction of sp³-hybridized carbons (Fsp3) is 0.0435. The van der Waals surface area contributed by atoms with E-state index in [2.05, 4.69) is 10.5 Å². The van der Waals surface area contributed by atoms with Crippen molar-refractivity contribution in [2.24, 2.45) is 5.10 Å². The van der Waals surface area contributed by atoms with E-state index < -0.39 is 0 Å². The van der Waals surface area contributed by atoms with Gasteiger partial charge in [-0.2, -0.15) is 5.10 Å². The normalized spacial score (nSPS) is 11.0. The molecule has 0 fully saturated rings. The maximum Gasteiger partial charge on any atom is 0.275 e. The highest BCUT2D eigenvalue weighted by Gasteiger charge is 2.11. The van der Waals surface area contributed by atoms with Crippen LogP contribution in [0.1, 0.15) is 21.5 Å². The molecule has 0 saturated carbocycles. The molecule has 0 aromatic heterocycles. The number of hydrogen-bond acceptors (Lipinski definition) is 3. The number of para-hydroxylation sites is 1. The van der Waals surface area contributed by atoms with E-state index >= 15 is 0 Å². The van der Waals surface area contributed by atoms with E-state index in [4.69, 9.17) is 4.74 Å². The lowest BCUT2D eigenvalue weighted by Crippen LogP contribution is -2.18. The number of hydrogen-bond donors (Lipinski definition) is 1. The van der Waals surface area contributed by atoms with Gasteiger partial charge in [0.15, 0.2) is 0 Å². The fourth-order valence-corrected chi connectivity index (χ4v) is 2.43. The zero-order valence-electron chi connectivity index (χ0n) is 14.8. The molecule has 134 valence electrons. The van der Waals surface area contributed by atoms with Crippen molar-refractivity contribution >= 4 is 18.2 Å². The fourth-order valence-electron chi connectivity index (χ4n) is 2.43. The molecule has 0 spiro atoms. The van der Waals surface area contributed by atoms with E-state index in [0.29, 0.717) is 17.9 Å². The Kier molecular flexibility index (Phi) is 6.54. The average Bonchev–Trinajstić information content (AvgIpc) is 2.73. The number of ether oxygens (including phenoxy) is 1. The van der Waals surface area contributed by atoms with E-state index in [-0.39, 0.29) is 5.91 Å². The lowest BCUT2D eigenvalue weighted by Gasteiger charge is -2.10. The lowest BCUT2D eigenvalue weighted by atomic mass is 10.2. The van der Waals surface area contributed by atoms with Gasteiger partial charge in [0.05, 0.1) is 5.56 Å². The highest BCUT2D eigenvalue weighted by Crippen LogP contribution is 2.19. The summed E-state index contributed by atoms with van der Waals surface area (Å²) in [4.78, 5) is 12.4. The monoisotopic (exact) mass is 356 g/mol. The third kappa shape index (κ3) is 5.68. The molecule has 0 aliphatic carbocycles. The summed E-state index contributed by atoms with van der Waals surface area (Å²) in [5, 5.41) is 3.96. The van der Waals surface area contributed by atoms with E-state index in [0.717, 1.165) is 11.1 Å². The summed E-state index contributed by atoms with van der Waals surface area (Å²) in [6, 6.07) is 26.8. The molecular weight excluding hydrogens is 336 g/mol. The summed E-state index contributed by atoms with van der Waals surface area (Å²) < 4.78 is 5.80. The minimum atomic E-state index is -0.317. The minimum absolute atomic E-state index is 0.317. The number of carbonyl (C=O) groups excluding carboxylic acids is 1. The molecule has 1 amide bonds. The standard InChI is InChI=1S/C23H20N2O2/c26-23(25-24-17-9-14-19-10-3-1-4-11-19)21-15-7-8-16-22(21)27-18-20-12-5-2-6-13-20/h1-17H,18H2,(H,25,26). The first-order chi connectivity index (χ1) is 13.3. The van der Waals surface area contributed by atoms with Crippen LogP contribution in [0.2, 0.25) is 0 Å². The maximum absolute atomic E-state index is 12.4. The lowest BCUT2D eigenvalue weighted by molar-refractivity contribution is 0.0950. The Morgan fingerprint density at radius 1 is 0.889 bits per heavy atom. The summed E-state index contributed by atoms with van der Waals surface area (Å²) in [5.41, 5.74) is 5.07. The minimum Gasteiger partial charge on any atom is -0.488 e. The van der Waals surface area contributed by atoms with E-state index in [1.165, 1.54) is 0 Å². The Labute approximate surface area is 158 Å². The molecule has 27 heavy (non-hydrogen) atoms. The second-order valence-corrected chi connectivity index (χ2v) is 5.76. The number of allylic oxidation sites excluding steroid dienone is 1. The molecule has 1 N–H and O–H groups in total. The van der Waals surface area contributed by atoms with Gasteiger partial charge in [0.25, 0.3) is 5.91 Å². The number of benzene rings is 3. The molecule has 3 aromatic rings. The SMILES string of the molecule is O=C(NN=CC=Cc1ccccc1)c1ccccc1OCc1ccccc1. The van der Waals surface area contributed by atoms with Gasteiger partial charge in [0.2, 0.25) is 0 Å². The van der Waals surface area contributed by atoms with Gasteiger partial charge in [-0.3, -0.25) is 4.79 Å². The Morgan fingerprint density at radius 3 is 2.33 bits per heavy atom. The predicted molar refractivity (Wildman–Crippen MR) is 109 cm³/mol. The molecule has 0 aliphatic rings. The van der Waals surface area contributed by atoms with Crippen molar-refractivity contribution in [3.8, 4) is 5.75 Å². The first kappa shape index (κ1) is 18.1. The van der Waals surface area contributed by atoms with Crippen LogP contribution in [0.3, 0.4) is 0 Å². The Bertz CT molecular complexity index is 919. The molecule has 0 radical (unpaired) electrons. The third-order valence-corrected chi connectivity index (χ3v) is 3.78. The van der Waals surface area contributed by atoms with Crippen LogP contribution in [0.25, 0.3) is 6.08 Å². The van der Waals surface area contributed by atoms with Crippen LogP contribution < -0.4 is 10.2 Å². The molecule has 0 aliphatic heterocycles. The number of carbonyl (C=O) groups is 1. The highest BCUT2D eigenvalue weighted by atomic mass is 16.5. The molecule has 3 rings (SSSR count). The molecule has 0 heterocycles. The van der Waals surface area contributed by atoms with Crippen LogP contribution in [-0.2, 0) is 6.61 Å². The summed E-state index contributed by atoms with van der Waals surface area (Å²) in [6.45, 7) is 0.397. The third-order valence-electron chi connectivity index (χ3n) is 3.78. The first-order valence-electron chi connectivity index (χ1n) is 8.64. The van der Waals surface area contributed by atoms with Crippen molar-refractivity contribution in [3.05, 3.63) is 108 Å². The van der Waals surface area contributed by atoms with E-state index in [1.54, 1.807) is 30.5 Å². The number of nitrogens with one attached hydrogen (secondary N) is 1. The smallest absolute Gasteiger partial charge is 0.275 e. The van der Waals surface area contributed by atoms with Gasteiger partial charge < -0.3 is 4.74 Å². The molecule has 0 atom stereocenters. The van der Waals surface area contributed by atoms with Gasteiger partial charge in [0.1, 0.15) is 12.4 Å². The van der Waals surface area contributed by atoms with Crippen molar-refractivity contribution in [2.75, 3.05) is 0 Å². The van der Waals surface area contributed by atoms with Crippen LogP contribution in [0.5, 0.6) is 5.75 Å². The van der Waals surface area contributed by atoms with Gasteiger partial charge >= 0.3 is 0 Å². The van der Waals surface area contributed by atoms with Gasteiger partial charge in [-0.15, -0.1) is 0 Å². The molecule has 3 aromatic carbocycles. The van der Waals surface area contributed by atoms with Crippen molar-refractivity contribution in [1.29, 1.82) is 0 Å². The zero-order chi connectivity index (χ0) is 18.7. The summed E-state index contributed by atoms with van der Waals surface area (Å²) in [6.07, 6.45) is 5.22. The van der Waals surface area contributed by atoms with Crippen LogP contribution in [0.4, 0.5) is 0 Å². The Hall–Kier alpha value is -3.66.